The van der Waals surface area contributed by atoms with Gasteiger partial charge in [-0.2, -0.15) is 0 Å². The van der Waals surface area contributed by atoms with Crippen LogP contribution in [0.3, 0.4) is 0 Å². The highest BCUT2D eigenvalue weighted by molar-refractivity contribution is 5.79. The normalized spacial score (nSPS) is 17.9. The first-order chi connectivity index (χ1) is 11.6. The van der Waals surface area contributed by atoms with E-state index >= 15 is 0 Å². The Balaban J connectivity index is 1.67. The van der Waals surface area contributed by atoms with Crippen LogP contribution in [0.1, 0.15) is 18.3 Å². The zero-order chi connectivity index (χ0) is 17.1. The van der Waals surface area contributed by atoms with Crippen molar-refractivity contribution in [2.45, 2.75) is 26.3 Å². The number of ether oxygens (including phenoxy) is 1. The molecule has 0 bridgehead atoms. The topological polar surface area (TPSA) is 71.7 Å². The minimum atomic E-state index is 0.0565. The highest BCUT2D eigenvalue weighted by atomic mass is 16.6. The molecule has 1 aliphatic rings. The van der Waals surface area contributed by atoms with E-state index in [1.165, 1.54) is 0 Å². The maximum atomic E-state index is 12.6. The molecular formula is C17H22N4O3. The first-order valence-corrected chi connectivity index (χ1v) is 8.05. The summed E-state index contributed by atoms with van der Waals surface area (Å²) in [5.41, 5.74) is 2.35. The maximum absolute atomic E-state index is 12.6. The lowest BCUT2D eigenvalue weighted by atomic mass is 10.1. The number of nitrogens with zero attached hydrogens (tertiary/aromatic N) is 4. The Morgan fingerprint density at radius 1 is 1.33 bits per heavy atom. The zero-order valence-corrected chi connectivity index (χ0v) is 14.2. The molecule has 0 N–H and O–H groups in total. The van der Waals surface area contributed by atoms with Crippen LogP contribution < -0.4 is 9.64 Å². The summed E-state index contributed by atoms with van der Waals surface area (Å²) in [4.78, 5) is 16.7. The van der Waals surface area contributed by atoms with E-state index in [0.29, 0.717) is 17.9 Å². The van der Waals surface area contributed by atoms with Crippen molar-refractivity contribution in [2.75, 3.05) is 31.6 Å². The van der Waals surface area contributed by atoms with Crippen LogP contribution in [-0.2, 0) is 11.2 Å². The molecule has 7 nitrogen and oxygen atoms in total. The number of amides is 1. The SMILES string of the molecule is COc1ccccc1N1CCN(C(=O)Cc2nonc2C)C(C)C1. The molecule has 1 fully saturated rings. The number of hydrogen-bond donors (Lipinski definition) is 0. The molecule has 1 amide bonds. The van der Waals surface area contributed by atoms with Gasteiger partial charge in [-0.05, 0) is 26.0 Å². The Kier molecular flexibility index (Phi) is 4.69. The summed E-state index contributed by atoms with van der Waals surface area (Å²) in [6.45, 7) is 6.06. The molecule has 1 atom stereocenters. The van der Waals surface area contributed by atoms with E-state index in [2.05, 4.69) is 26.8 Å². The van der Waals surface area contributed by atoms with Gasteiger partial charge in [0, 0.05) is 25.7 Å². The summed E-state index contributed by atoms with van der Waals surface area (Å²) in [5, 5.41) is 7.53. The highest BCUT2D eigenvalue weighted by Gasteiger charge is 2.29. The van der Waals surface area contributed by atoms with E-state index < -0.39 is 0 Å². The number of aryl methyl sites for hydroxylation is 1. The van der Waals surface area contributed by atoms with Gasteiger partial charge in [0.05, 0.1) is 19.2 Å². The van der Waals surface area contributed by atoms with Crippen LogP contribution in [0.15, 0.2) is 28.9 Å². The Morgan fingerprint density at radius 3 is 2.79 bits per heavy atom. The number of methoxy groups -OCH3 is 1. The standard InChI is InChI=1S/C17H22N4O3/c1-12-11-20(15-6-4-5-7-16(15)23-3)8-9-21(12)17(22)10-14-13(2)18-24-19-14/h4-7,12H,8-11H2,1-3H3. The summed E-state index contributed by atoms with van der Waals surface area (Å²) in [5.74, 6) is 0.912. The molecule has 128 valence electrons. The van der Waals surface area contributed by atoms with Gasteiger partial charge in [-0.15, -0.1) is 0 Å². The molecule has 7 heteroatoms. The second-order valence-electron chi connectivity index (χ2n) is 6.03. The van der Waals surface area contributed by atoms with Crippen molar-refractivity contribution in [1.29, 1.82) is 0 Å². The number of benzene rings is 1. The second-order valence-corrected chi connectivity index (χ2v) is 6.03. The van der Waals surface area contributed by atoms with Crippen LogP contribution in [0, 0.1) is 6.92 Å². The van der Waals surface area contributed by atoms with Crippen molar-refractivity contribution in [3.63, 3.8) is 0 Å². The molecule has 24 heavy (non-hydrogen) atoms. The Labute approximate surface area is 141 Å². The number of carbonyl (C=O) groups is 1. The number of carbonyl (C=O) groups excluding carboxylic acids is 1. The third-order valence-electron chi connectivity index (χ3n) is 4.44. The minimum absolute atomic E-state index is 0.0565. The van der Waals surface area contributed by atoms with Crippen LogP contribution in [0.25, 0.3) is 0 Å². The van der Waals surface area contributed by atoms with Gasteiger partial charge in [-0.1, -0.05) is 22.4 Å². The van der Waals surface area contributed by atoms with E-state index in [0.717, 1.165) is 24.5 Å². The van der Waals surface area contributed by atoms with E-state index in [1.807, 2.05) is 29.2 Å². The lowest BCUT2D eigenvalue weighted by molar-refractivity contribution is -0.132. The smallest absolute Gasteiger partial charge is 0.229 e. The number of aromatic nitrogens is 2. The summed E-state index contributed by atoms with van der Waals surface area (Å²) in [6.07, 6.45) is 0.230. The highest BCUT2D eigenvalue weighted by Crippen LogP contribution is 2.29. The number of para-hydroxylation sites is 2. The lowest BCUT2D eigenvalue weighted by Gasteiger charge is -2.41. The fraction of sp³-hybridized carbons (Fsp3) is 0.471. The molecule has 1 unspecified atom stereocenters. The molecular weight excluding hydrogens is 308 g/mol. The van der Waals surface area contributed by atoms with E-state index in [-0.39, 0.29) is 18.4 Å². The van der Waals surface area contributed by atoms with Crippen molar-refractivity contribution in [3.05, 3.63) is 35.7 Å². The average Bonchev–Trinajstić information content (AvgIpc) is 2.99. The predicted molar refractivity (Wildman–Crippen MR) is 89.1 cm³/mol. The number of rotatable bonds is 4. The van der Waals surface area contributed by atoms with Crippen LogP contribution in [-0.4, -0.2) is 53.9 Å². The van der Waals surface area contributed by atoms with E-state index in [4.69, 9.17) is 4.74 Å². The monoisotopic (exact) mass is 330 g/mol. The average molecular weight is 330 g/mol. The van der Waals surface area contributed by atoms with Crippen LogP contribution >= 0.6 is 0 Å². The van der Waals surface area contributed by atoms with Crippen LogP contribution in [0.2, 0.25) is 0 Å². The molecule has 1 aromatic heterocycles. The largest absolute Gasteiger partial charge is 0.495 e. The second kappa shape index (κ2) is 6.90. The summed E-state index contributed by atoms with van der Waals surface area (Å²) < 4.78 is 10.1. The summed E-state index contributed by atoms with van der Waals surface area (Å²) >= 11 is 0. The minimum Gasteiger partial charge on any atom is -0.495 e. The van der Waals surface area contributed by atoms with E-state index in [9.17, 15) is 4.79 Å². The molecule has 2 aromatic rings. The fourth-order valence-electron chi connectivity index (χ4n) is 3.09. The zero-order valence-electron chi connectivity index (χ0n) is 14.2. The molecule has 1 saturated heterocycles. The number of anilines is 1. The first-order valence-electron chi connectivity index (χ1n) is 8.05. The molecule has 0 radical (unpaired) electrons. The third kappa shape index (κ3) is 3.20. The van der Waals surface area contributed by atoms with Crippen LogP contribution in [0.5, 0.6) is 5.75 Å². The van der Waals surface area contributed by atoms with Crippen molar-refractivity contribution in [2.24, 2.45) is 0 Å². The molecule has 1 aromatic carbocycles. The lowest BCUT2D eigenvalue weighted by Crippen LogP contribution is -2.54. The van der Waals surface area contributed by atoms with Gasteiger partial charge in [0.1, 0.15) is 17.1 Å². The molecule has 1 aliphatic heterocycles. The summed E-state index contributed by atoms with van der Waals surface area (Å²) in [6, 6.07) is 8.07. The summed E-state index contributed by atoms with van der Waals surface area (Å²) in [7, 11) is 1.68. The maximum Gasteiger partial charge on any atom is 0.229 e. The van der Waals surface area contributed by atoms with Crippen molar-refractivity contribution in [1.82, 2.24) is 15.2 Å². The Morgan fingerprint density at radius 2 is 2.12 bits per heavy atom. The number of piperazine rings is 1. The Bertz CT molecular complexity index is 715. The van der Waals surface area contributed by atoms with Gasteiger partial charge in [0.15, 0.2) is 0 Å². The molecule has 2 heterocycles. The van der Waals surface area contributed by atoms with Crippen molar-refractivity contribution >= 4 is 11.6 Å². The third-order valence-corrected chi connectivity index (χ3v) is 4.44. The van der Waals surface area contributed by atoms with Gasteiger partial charge in [-0.25, -0.2) is 4.63 Å². The molecule has 0 aliphatic carbocycles. The Hall–Kier alpha value is -2.57. The van der Waals surface area contributed by atoms with Gasteiger partial charge >= 0.3 is 0 Å². The predicted octanol–water partition coefficient (Wildman–Crippen LogP) is 1.67. The quantitative estimate of drug-likeness (QED) is 0.849. The number of hydrogen-bond acceptors (Lipinski definition) is 6. The molecule has 0 saturated carbocycles. The van der Waals surface area contributed by atoms with Crippen molar-refractivity contribution < 1.29 is 14.2 Å². The fourth-order valence-corrected chi connectivity index (χ4v) is 3.09. The first kappa shape index (κ1) is 16.3. The molecule has 3 rings (SSSR count). The molecule has 0 spiro atoms. The van der Waals surface area contributed by atoms with E-state index in [1.54, 1.807) is 14.0 Å². The van der Waals surface area contributed by atoms with Gasteiger partial charge in [0.25, 0.3) is 0 Å². The van der Waals surface area contributed by atoms with Crippen LogP contribution in [0.4, 0.5) is 5.69 Å². The van der Waals surface area contributed by atoms with Crippen molar-refractivity contribution in [3.8, 4) is 5.75 Å². The van der Waals surface area contributed by atoms with Gasteiger partial charge in [-0.3, -0.25) is 4.79 Å². The van der Waals surface area contributed by atoms with Gasteiger partial charge < -0.3 is 14.5 Å². The van der Waals surface area contributed by atoms with Gasteiger partial charge in [0.2, 0.25) is 5.91 Å².